The van der Waals surface area contributed by atoms with Gasteiger partial charge in [-0.1, -0.05) is 26.0 Å². The van der Waals surface area contributed by atoms with Crippen LogP contribution in [0.4, 0.5) is 10.6 Å². The third-order valence-corrected chi connectivity index (χ3v) is 10.6. The Bertz CT molecular complexity index is 1940. The molecule has 15 nitrogen and oxygen atoms in total. The van der Waals surface area contributed by atoms with Gasteiger partial charge in [-0.25, -0.2) is 23.6 Å². The highest BCUT2D eigenvalue weighted by atomic mass is 35.5. The lowest BCUT2D eigenvalue weighted by atomic mass is 10.1. The zero-order valence-corrected chi connectivity index (χ0v) is 30.4. The molecule has 17 heteroatoms. The fourth-order valence-electron chi connectivity index (χ4n) is 5.69. The maximum absolute atomic E-state index is 14.7. The first-order chi connectivity index (χ1) is 23.5. The Morgan fingerprint density at radius 2 is 1.72 bits per heavy atom. The molecule has 0 bridgehead atoms. The summed E-state index contributed by atoms with van der Waals surface area (Å²) in [6.45, 7) is 9.96. The van der Waals surface area contributed by atoms with Gasteiger partial charge in [-0.15, -0.1) is 0 Å². The Morgan fingerprint density at radius 3 is 2.26 bits per heavy atom. The number of sulfonamides is 1. The quantitative estimate of drug-likeness (QED) is 0.309. The van der Waals surface area contributed by atoms with Crippen LogP contribution in [0.3, 0.4) is 0 Å². The Hall–Kier alpha value is -4.59. The maximum Gasteiger partial charge on any atom is 0.426 e. The number of methoxy groups -OCH3 is 1. The van der Waals surface area contributed by atoms with Crippen LogP contribution >= 0.6 is 11.6 Å². The third-order valence-electron chi connectivity index (χ3n) is 8.44. The highest BCUT2D eigenvalue weighted by molar-refractivity contribution is 7.89. The van der Waals surface area contributed by atoms with Gasteiger partial charge in [-0.2, -0.15) is 9.57 Å². The molecule has 1 aliphatic carbocycles. The third kappa shape index (κ3) is 7.59. The molecular weight excluding hydrogens is 688 g/mol. The van der Waals surface area contributed by atoms with E-state index in [0.717, 1.165) is 0 Å². The molecule has 2 aliphatic rings. The number of rotatable bonds is 9. The number of piperazine rings is 1. The normalized spacial score (nSPS) is 15.9. The van der Waals surface area contributed by atoms with Gasteiger partial charge in [-0.3, -0.25) is 19.4 Å². The average Bonchev–Trinajstić information content (AvgIpc) is 3.80. The van der Waals surface area contributed by atoms with Gasteiger partial charge < -0.3 is 19.3 Å². The van der Waals surface area contributed by atoms with E-state index in [4.69, 9.17) is 21.1 Å². The van der Waals surface area contributed by atoms with Crippen LogP contribution in [0.25, 0.3) is 5.52 Å². The van der Waals surface area contributed by atoms with E-state index >= 15 is 0 Å². The van der Waals surface area contributed by atoms with Crippen molar-refractivity contribution in [1.29, 1.82) is 5.26 Å². The number of nitrogens with zero attached hydrogens (tertiary/aromatic N) is 6. The van der Waals surface area contributed by atoms with Crippen molar-refractivity contribution < 1.29 is 32.3 Å². The molecule has 3 aromatic rings. The lowest BCUT2D eigenvalue weighted by Gasteiger charge is -2.37. The number of nitriles is 1. The van der Waals surface area contributed by atoms with Gasteiger partial charge in [0.2, 0.25) is 21.2 Å². The number of hydrazine groups is 1. The number of pyridine rings is 1. The monoisotopic (exact) mass is 728 g/mol. The molecule has 0 atom stereocenters. The van der Waals surface area contributed by atoms with E-state index in [2.05, 4.69) is 21.9 Å². The number of amides is 3. The van der Waals surface area contributed by atoms with Crippen LogP contribution in [0.1, 0.15) is 63.5 Å². The zero-order chi connectivity index (χ0) is 36.6. The Kier molecular flexibility index (Phi) is 10.2. The number of nitrogens with one attached hydrogen (secondary N) is 2. The van der Waals surface area contributed by atoms with Gasteiger partial charge in [0, 0.05) is 38.6 Å². The van der Waals surface area contributed by atoms with E-state index in [0.29, 0.717) is 56.2 Å². The molecule has 0 spiro atoms. The summed E-state index contributed by atoms with van der Waals surface area (Å²) >= 11 is 6.64. The molecule has 2 fully saturated rings. The Balaban J connectivity index is 1.59. The smallest absolute Gasteiger partial charge is 0.426 e. The summed E-state index contributed by atoms with van der Waals surface area (Å²) in [4.78, 5) is 46.1. The number of aromatic nitrogens is 2. The zero-order valence-electron chi connectivity index (χ0n) is 28.8. The van der Waals surface area contributed by atoms with Crippen LogP contribution in [-0.4, -0.2) is 89.3 Å². The highest BCUT2D eigenvalue weighted by Gasteiger charge is 2.54. The first-order valence-electron chi connectivity index (χ1n) is 16.1. The fraction of sp³-hybridized carbons (Fsp3) is 0.485. The van der Waals surface area contributed by atoms with Crippen molar-refractivity contribution in [3.05, 3.63) is 52.9 Å². The molecule has 268 valence electrons. The molecule has 2 N–H and O–H groups in total. The Morgan fingerprint density at radius 1 is 1.08 bits per heavy atom. The van der Waals surface area contributed by atoms with Crippen LogP contribution in [0.2, 0.25) is 5.28 Å². The molecule has 3 amide bonds. The maximum atomic E-state index is 14.7. The highest BCUT2D eigenvalue weighted by Crippen LogP contribution is 2.45. The van der Waals surface area contributed by atoms with Crippen molar-refractivity contribution in [2.45, 2.75) is 70.0 Å². The van der Waals surface area contributed by atoms with Gasteiger partial charge in [0.25, 0.3) is 5.91 Å². The summed E-state index contributed by atoms with van der Waals surface area (Å²) in [5, 5.41) is 10.1. The average molecular weight is 729 g/mol. The summed E-state index contributed by atoms with van der Waals surface area (Å²) in [5.74, 6) is -0.144. The number of carbonyl (C=O) groups is 3. The summed E-state index contributed by atoms with van der Waals surface area (Å²) in [6.07, 6.45) is -0.219. The van der Waals surface area contributed by atoms with Crippen LogP contribution in [-0.2, 0) is 26.1 Å². The molecule has 0 unspecified atom stereocenters. The van der Waals surface area contributed by atoms with Crippen molar-refractivity contribution in [3.8, 4) is 11.8 Å². The fourth-order valence-corrected chi connectivity index (χ4v) is 7.72. The molecule has 1 saturated heterocycles. The summed E-state index contributed by atoms with van der Waals surface area (Å²) in [5.41, 5.74) is 2.76. The lowest BCUT2D eigenvalue weighted by molar-refractivity contribution is -0.134. The van der Waals surface area contributed by atoms with Crippen LogP contribution < -0.4 is 20.5 Å². The molecular formula is C33H41ClN8O7S. The second-order valence-corrected chi connectivity index (χ2v) is 15.8. The topological polar surface area (TPSA) is 179 Å². The summed E-state index contributed by atoms with van der Waals surface area (Å²) in [6, 6.07) is 11.8. The van der Waals surface area contributed by atoms with Gasteiger partial charge in [0.1, 0.15) is 22.7 Å². The molecule has 2 aromatic heterocycles. The largest absolute Gasteiger partial charge is 0.497 e. The van der Waals surface area contributed by atoms with Gasteiger partial charge in [0.05, 0.1) is 23.6 Å². The predicted octanol–water partition coefficient (Wildman–Crippen LogP) is 3.72. The molecule has 1 saturated carbocycles. The van der Waals surface area contributed by atoms with Gasteiger partial charge >= 0.3 is 6.09 Å². The van der Waals surface area contributed by atoms with Crippen molar-refractivity contribution in [2.75, 3.05) is 38.2 Å². The van der Waals surface area contributed by atoms with Crippen LogP contribution in [0.15, 0.2) is 41.3 Å². The minimum atomic E-state index is -4.41. The van der Waals surface area contributed by atoms with Crippen molar-refractivity contribution in [2.24, 2.45) is 5.92 Å². The standard InChI is InChI=1S/C33H41ClN8O7S/c1-21(2)29(44)40-15-13-39(14-16-40)26-18-24(17-25-27(36-30(34)42(25)26)28(43)37-38-31(45)49-32(3,4)5)50(46,47)41(33(20-35)11-12-33)19-22-7-9-23(48-6)10-8-22/h7-10,17-18,21H,11-16,19H2,1-6H3,(H,37,43)(H,38,45). The van der Waals surface area contributed by atoms with E-state index < -0.39 is 33.2 Å². The number of hydrogen-bond acceptors (Lipinski definition) is 10. The second kappa shape index (κ2) is 14.0. The number of benzene rings is 1. The molecule has 5 rings (SSSR count). The molecule has 3 heterocycles. The second-order valence-electron chi connectivity index (χ2n) is 13.6. The number of fused-ring (bicyclic) bond motifs is 1. The first-order valence-corrected chi connectivity index (χ1v) is 17.9. The molecule has 50 heavy (non-hydrogen) atoms. The van der Waals surface area contributed by atoms with E-state index in [1.165, 1.54) is 27.9 Å². The number of carbonyl (C=O) groups excluding carboxylic acids is 3. The van der Waals surface area contributed by atoms with Gasteiger partial charge in [-0.05, 0) is 75.0 Å². The van der Waals surface area contributed by atoms with E-state index in [9.17, 15) is 28.1 Å². The first kappa shape index (κ1) is 36.7. The molecule has 1 aliphatic heterocycles. The Labute approximate surface area is 296 Å². The van der Waals surface area contributed by atoms with Crippen LogP contribution in [0, 0.1) is 17.2 Å². The van der Waals surface area contributed by atoms with E-state index in [1.807, 2.05) is 18.7 Å². The SMILES string of the molecule is COc1ccc(CN(C2(C#N)CC2)S(=O)(=O)c2cc(N3CCN(C(=O)C(C)C)CC3)n3c(Cl)nc(C(=O)NNC(=O)OC(C)(C)C)c3c2)cc1. The van der Waals surface area contributed by atoms with Crippen LogP contribution in [0.5, 0.6) is 5.75 Å². The lowest BCUT2D eigenvalue weighted by Crippen LogP contribution is -2.50. The predicted molar refractivity (Wildman–Crippen MR) is 184 cm³/mol. The summed E-state index contributed by atoms with van der Waals surface area (Å²) < 4.78 is 42.4. The van der Waals surface area contributed by atoms with E-state index in [1.54, 1.807) is 49.9 Å². The van der Waals surface area contributed by atoms with E-state index in [-0.39, 0.29) is 39.8 Å². The van der Waals surface area contributed by atoms with Gasteiger partial charge in [0.15, 0.2) is 5.69 Å². The van der Waals surface area contributed by atoms with Crippen molar-refractivity contribution >= 4 is 50.9 Å². The van der Waals surface area contributed by atoms with Crippen molar-refractivity contribution in [3.63, 3.8) is 0 Å². The minimum Gasteiger partial charge on any atom is -0.497 e. The number of imidazole rings is 1. The number of halogens is 1. The minimum absolute atomic E-state index is 0.00337. The number of ether oxygens (including phenoxy) is 2. The molecule has 1 aromatic carbocycles. The number of anilines is 1. The number of hydrogen-bond donors (Lipinski definition) is 2. The van der Waals surface area contributed by atoms with Crippen molar-refractivity contribution in [1.82, 2.24) is 29.4 Å². The summed E-state index contributed by atoms with van der Waals surface area (Å²) in [7, 11) is -2.88. The molecule has 0 radical (unpaired) electrons.